The second-order valence-corrected chi connectivity index (χ2v) is 11.0. The molecule has 4 aliphatic rings. The minimum absolute atomic E-state index is 0.0256. The van der Waals surface area contributed by atoms with Crippen LogP contribution in [0.25, 0.3) is 0 Å². The lowest BCUT2D eigenvalue weighted by Crippen LogP contribution is -2.39. The number of allylic oxidation sites excluding steroid dienone is 6. The molecule has 1 aliphatic heterocycles. The topological polar surface area (TPSA) is 138 Å². The minimum Gasteiger partial charge on any atom is -0.503 e. The van der Waals surface area contributed by atoms with Crippen LogP contribution in [0.4, 0.5) is 0 Å². The summed E-state index contributed by atoms with van der Waals surface area (Å²) in [5, 5.41) is 19.4. The average Bonchev–Trinajstić information content (AvgIpc) is 3.12. The first-order valence-electron chi connectivity index (χ1n) is 12.4. The number of rotatable bonds is 6. The standard InChI is InChI=1S/C28H26BrNO8/c1-12-8-19(31)24-17(25(12)34)11-16-14(22(24)13-9-18(29)26(35)20(10-13)38-2)5-6-15-23(16)28(37)30(27(15)36)7-3-4-21(32)33/h5,8-10,15-16,22-23,35H,3-4,6-7,11H2,1-2H3,(H,32,33)/t15-,16+,22-,23-/m0/s1. The molecule has 198 valence electrons. The molecule has 1 fully saturated rings. The Hall–Kier alpha value is -3.53. The molecule has 0 saturated carbocycles. The Balaban J connectivity index is 1.61. The lowest BCUT2D eigenvalue weighted by atomic mass is 9.59. The predicted octanol–water partition coefficient (Wildman–Crippen LogP) is 3.46. The number of carboxylic acid groups (broad SMARTS) is 1. The molecule has 1 heterocycles. The van der Waals surface area contributed by atoms with Crippen molar-refractivity contribution in [2.45, 2.75) is 38.5 Å². The highest BCUT2D eigenvalue weighted by Gasteiger charge is 2.56. The Morgan fingerprint density at radius 3 is 2.58 bits per heavy atom. The molecule has 1 aromatic rings. The number of Topliss-reactive ketones (excluding diaryl/α,β-unsaturated/α-hetero) is 1. The smallest absolute Gasteiger partial charge is 0.303 e. The number of benzene rings is 1. The van der Waals surface area contributed by atoms with E-state index in [9.17, 15) is 29.1 Å². The molecule has 0 unspecified atom stereocenters. The molecule has 2 amide bonds. The van der Waals surface area contributed by atoms with E-state index in [0.717, 1.165) is 10.5 Å². The van der Waals surface area contributed by atoms with E-state index in [1.54, 1.807) is 19.1 Å². The van der Waals surface area contributed by atoms with Crippen LogP contribution in [0.1, 0.15) is 44.1 Å². The van der Waals surface area contributed by atoms with Crippen LogP contribution < -0.4 is 4.74 Å². The molecule has 0 spiro atoms. The van der Waals surface area contributed by atoms with Gasteiger partial charge in [-0.25, -0.2) is 0 Å². The van der Waals surface area contributed by atoms with E-state index in [1.165, 1.54) is 13.2 Å². The van der Waals surface area contributed by atoms with Crippen LogP contribution in [0.5, 0.6) is 11.5 Å². The fourth-order valence-electron chi connectivity index (χ4n) is 6.35. The van der Waals surface area contributed by atoms with Gasteiger partial charge in [0.25, 0.3) is 0 Å². The number of aliphatic carboxylic acids is 1. The summed E-state index contributed by atoms with van der Waals surface area (Å²) >= 11 is 3.34. The number of carbonyl (C=O) groups excluding carboxylic acids is 4. The summed E-state index contributed by atoms with van der Waals surface area (Å²) in [6.07, 6.45) is 3.70. The molecule has 0 radical (unpaired) electrons. The van der Waals surface area contributed by atoms with Crippen LogP contribution in [0, 0.1) is 17.8 Å². The van der Waals surface area contributed by atoms with Gasteiger partial charge in [-0.1, -0.05) is 11.6 Å². The number of hydrogen-bond donors (Lipinski definition) is 2. The Morgan fingerprint density at radius 1 is 1.16 bits per heavy atom. The summed E-state index contributed by atoms with van der Waals surface area (Å²) in [7, 11) is 1.41. The first-order valence-corrected chi connectivity index (χ1v) is 13.2. The minimum atomic E-state index is -1.00. The van der Waals surface area contributed by atoms with Crippen molar-refractivity contribution < 1.29 is 38.9 Å². The van der Waals surface area contributed by atoms with Gasteiger partial charge < -0.3 is 14.9 Å². The number of aromatic hydroxyl groups is 1. The third-order valence-electron chi connectivity index (χ3n) is 8.03. The van der Waals surface area contributed by atoms with Crippen molar-refractivity contribution in [1.82, 2.24) is 4.90 Å². The van der Waals surface area contributed by atoms with Gasteiger partial charge in [0.1, 0.15) is 0 Å². The molecule has 38 heavy (non-hydrogen) atoms. The highest BCUT2D eigenvalue weighted by molar-refractivity contribution is 9.10. The van der Waals surface area contributed by atoms with Crippen LogP contribution in [0.15, 0.2) is 51.0 Å². The van der Waals surface area contributed by atoms with Crippen molar-refractivity contribution >= 4 is 45.3 Å². The van der Waals surface area contributed by atoms with Gasteiger partial charge in [0.15, 0.2) is 23.1 Å². The molecular formula is C28H26BrNO8. The van der Waals surface area contributed by atoms with Gasteiger partial charge >= 0.3 is 5.97 Å². The van der Waals surface area contributed by atoms with Crippen LogP contribution in [0.3, 0.4) is 0 Å². The monoisotopic (exact) mass is 583 g/mol. The number of likely N-dealkylation sites (tertiary alicyclic amines) is 1. The van der Waals surface area contributed by atoms with E-state index in [2.05, 4.69) is 15.9 Å². The van der Waals surface area contributed by atoms with Crippen molar-refractivity contribution in [3.63, 3.8) is 0 Å². The molecule has 9 nitrogen and oxygen atoms in total. The summed E-state index contributed by atoms with van der Waals surface area (Å²) in [5.41, 5.74) is 2.40. The highest BCUT2D eigenvalue weighted by Crippen LogP contribution is 2.56. The fourth-order valence-corrected chi connectivity index (χ4v) is 6.81. The average molecular weight is 584 g/mol. The zero-order valence-electron chi connectivity index (χ0n) is 20.8. The zero-order valence-corrected chi connectivity index (χ0v) is 22.4. The second kappa shape index (κ2) is 9.65. The van der Waals surface area contributed by atoms with Crippen molar-refractivity contribution in [3.8, 4) is 11.5 Å². The second-order valence-electron chi connectivity index (χ2n) is 10.1. The molecule has 3 aliphatic carbocycles. The molecule has 2 N–H and O–H groups in total. The lowest BCUT2D eigenvalue weighted by molar-refractivity contribution is -0.142. The third kappa shape index (κ3) is 4.02. The SMILES string of the molecule is COc1cc([C@H]2C3=CC[C@@H]4C(=O)N(CCCC(=O)O)C(=O)[C@@H]4[C@@H]3CC3=C2C(=O)C=C(C)C3=O)cc(Br)c1O. The van der Waals surface area contributed by atoms with E-state index in [4.69, 9.17) is 9.84 Å². The number of carboxylic acids is 1. The number of phenolic OH excluding ortho intramolecular Hbond substituents is 1. The number of imide groups is 1. The molecule has 1 aromatic carbocycles. The third-order valence-corrected chi connectivity index (χ3v) is 8.63. The van der Waals surface area contributed by atoms with Gasteiger partial charge in [-0.05, 0) is 71.8 Å². The van der Waals surface area contributed by atoms with Gasteiger partial charge in [0.05, 0.1) is 23.4 Å². The molecule has 4 atom stereocenters. The summed E-state index contributed by atoms with van der Waals surface area (Å²) in [5.74, 6) is -4.61. The highest BCUT2D eigenvalue weighted by atomic mass is 79.9. The Labute approximate surface area is 227 Å². The largest absolute Gasteiger partial charge is 0.503 e. The molecule has 10 heteroatoms. The molecule has 5 rings (SSSR count). The van der Waals surface area contributed by atoms with Crippen LogP contribution in [0.2, 0.25) is 0 Å². The number of hydrogen-bond acceptors (Lipinski definition) is 7. The normalized spacial score (nSPS) is 26.6. The van der Waals surface area contributed by atoms with Crippen molar-refractivity contribution in [3.05, 3.63) is 56.6 Å². The maximum atomic E-state index is 13.6. The molecular weight excluding hydrogens is 558 g/mol. The number of nitrogens with zero attached hydrogens (tertiary/aromatic N) is 1. The van der Waals surface area contributed by atoms with E-state index < -0.39 is 29.6 Å². The number of halogens is 1. The van der Waals surface area contributed by atoms with Crippen LogP contribution >= 0.6 is 15.9 Å². The van der Waals surface area contributed by atoms with Gasteiger partial charge in [0, 0.05) is 35.6 Å². The first kappa shape index (κ1) is 26.1. The number of methoxy groups -OCH3 is 1. The number of ether oxygens (including phenoxy) is 1. The van der Waals surface area contributed by atoms with Gasteiger partial charge in [-0.3, -0.25) is 28.9 Å². The van der Waals surface area contributed by atoms with Crippen LogP contribution in [-0.4, -0.2) is 58.1 Å². The summed E-state index contributed by atoms with van der Waals surface area (Å²) in [4.78, 5) is 65.6. The number of ketones is 2. The predicted molar refractivity (Wildman–Crippen MR) is 137 cm³/mol. The summed E-state index contributed by atoms with van der Waals surface area (Å²) < 4.78 is 5.69. The number of phenols is 1. The van der Waals surface area contributed by atoms with E-state index in [-0.39, 0.29) is 60.7 Å². The number of amides is 2. The van der Waals surface area contributed by atoms with E-state index >= 15 is 0 Å². The molecule has 0 aromatic heterocycles. The number of fused-ring (bicyclic) bond motifs is 3. The van der Waals surface area contributed by atoms with Crippen molar-refractivity contribution in [2.24, 2.45) is 17.8 Å². The summed E-state index contributed by atoms with van der Waals surface area (Å²) in [6.45, 7) is 1.61. The Morgan fingerprint density at radius 2 is 1.89 bits per heavy atom. The maximum Gasteiger partial charge on any atom is 0.303 e. The van der Waals surface area contributed by atoms with Gasteiger partial charge in [-0.2, -0.15) is 0 Å². The van der Waals surface area contributed by atoms with Crippen molar-refractivity contribution in [1.29, 1.82) is 0 Å². The van der Waals surface area contributed by atoms with Gasteiger partial charge in [0.2, 0.25) is 11.8 Å². The van der Waals surface area contributed by atoms with Crippen molar-refractivity contribution in [2.75, 3.05) is 13.7 Å². The lowest BCUT2D eigenvalue weighted by Gasteiger charge is -2.42. The maximum absolute atomic E-state index is 13.6. The van der Waals surface area contributed by atoms with E-state index in [0.29, 0.717) is 33.2 Å². The molecule has 0 bridgehead atoms. The quantitative estimate of drug-likeness (QED) is 0.295. The molecule has 1 saturated heterocycles. The zero-order chi connectivity index (χ0) is 27.5. The van der Waals surface area contributed by atoms with Crippen LogP contribution in [-0.2, 0) is 24.0 Å². The fraction of sp³-hybridized carbons (Fsp3) is 0.393. The van der Waals surface area contributed by atoms with E-state index in [1.807, 2.05) is 6.08 Å². The Kier molecular flexibility index (Phi) is 6.63. The Bertz CT molecular complexity index is 1400. The number of carbonyl (C=O) groups is 5. The summed E-state index contributed by atoms with van der Waals surface area (Å²) in [6, 6.07) is 3.29. The first-order chi connectivity index (χ1) is 18.0. The van der Waals surface area contributed by atoms with Gasteiger partial charge in [-0.15, -0.1) is 0 Å².